The fourth-order valence-electron chi connectivity index (χ4n) is 4.47. The molecule has 3 atom stereocenters. The second-order valence-electron chi connectivity index (χ2n) is 10.3. The van der Waals surface area contributed by atoms with E-state index in [1.807, 2.05) is 19.4 Å². The summed E-state index contributed by atoms with van der Waals surface area (Å²) in [6.07, 6.45) is 1.94. The number of hydrogen-bond acceptors (Lipinski definition) is 8. The highest BCUT2D eigenvalue weighted by molar-refractivity contribution is 7.10. The molecule has 0 saturated carbocycles. The van der Waals surface area contributed by atoms with E-state index in [1.54, 1.807) is 31.2 Å². The monoisotopic (exact) mass is 610 g/mol. The van der Waals surface area contributed by atoms with Crippen LogP contribution in [0.2, 0.25) is 0 Å². The Bertz CT molecular complexity index is 1570. The zero-order chi connectivity index (χ0) is 31.0. The van der Waals surface area contributed by atoms with Crippen molar-refractivity contribution in [3.05, 3.63) is 87.8 Å². The van der Waals surface area contributed by atoms with Gasteiger partial charge in [-0.1, -0.05) is 19.1 Å². The minimum Gasteiger partial charge on any atom is -0.449 e. The van der Waals surface area contributed by atoms with Gasteiger partial charge in [-0.2, -0.15) is 15.0 Å². The molecule has 10 nitrogen and oxygen atoms in total. The third-order valence-corrected chi connectivity index (χ3v) is 8.29. The molecule has 0 spiro atoms. The van der Waals surface area contributed by atoms with Gasteiger partial charge in [0.1, 0.15) is 30.4 Å². The summed E-state index contributed by atoms with van der Waals surface area (Å²) in [5.41, 5.74) is -0.211. The van der Waals surface area contributed by atoms with Crippen LogP contribution in [0.1, 0.15) is 48.1 Å². The summed E-state index contributed by atoms with van der Waals surface area (Å²) in [5, 5.41) is 32.3. The van der Waals surface area contributed by atoms with E-state index < -0.39 is 29.2 Å². The number of nitrogens with one attached hydrogen (secondary N) is 3. The topological polar surface area (TPSA) is 140 Å². The molecular weight excluding hydrogens is 576 g/mol. The smallest absolute Gasteiger partial charge is 0.407 e. The van der Waals surface area contributed by atoms with E-state index in [0.29, 0.717) is 28.6 Å². The van der Waals surface area contributed by atoms with Crippen molar-refractivity contribution in [1.82, 2.24) is 25.7 Å². The second-order valence-corrected chi connectivity index (χ2v) is 11.1. The summed E-state index contributed by atoms with van der Waals surface area (Å²) >= 11 is 1.29. The van der Waals surface area contributed by atoms with E-state index in [2.05, 4.69) is 31.8 Å². The van der Waals surface area contributed by atoms with Crippen molar-refractivity contribution in [1.29, 1.82) is 5.26 Å². The van der Waals surface area contributed by atoms with Crippen molar-refractivity contribution in [2.24, 2.45) is 0 Å². The molecule has 0 saturated heterocycles. The quantitative estimate of drug-likeness (QED) is 0.168. The minimum atomic E-state index is -1.93. The van der Waals surface area contributed by atoms with Crippen molar-refractivity contribution in [2.75, 3.05) is 20.2 Å². The van der Waals surface area contributed by atoms with Crippen LogP contribution >= 0.6 is 11.3 Å². The Morgan fingerprint density at radius 1 is 1.26 bits per heavy atom. The first-order valence-electron chi connectivity index (χ1n) is 13.8. The third-order valence-electron chi connectivity index (χ3n) is 7.26. The van der Waals surface area contributed by atoms with Crippen molar-refractivity contribution in [2.45, 2.75) is 50.8 Å². The Morgan fingerprint density at radius 3 is 2.74 bits per heavy atom. The lowest BCUT2D eigenvalue weighted by Gasteiger charge is -2.32. The zero-order valence-corrected chi connectivity index (χ0v) is 24.9. The number of nitrogens with zero attached hydrogens (tertiary/aromatic N) is 4. The lowest BCUT2D eigenvalue weighted by Crippen LogP contribution is -2.50. The Labute approximate surface area is 252 Å². The van der Waals surface area contributed by atoms with E-state index in [-0.39, 0.29) is 31.2 Å². The van der Waals surface area contributed by atoms with E-state index in [1.165, 1.54) is 22.3 Å². The van der Waals surface area contributed by atoms with Crippen LogP contribution in [0, 0.1) is 23.0 Å². The molecule has 1 unspecified atom stereocenters. The summed E-state index contributed by atoms with van der Waals surface area (Å²) in [4.78, 5) is 20.9. The van der Waals surface area contributed by atoms with E-state index in [9.17, 15) is 14.3 Å². The fourth-order valence-corrected chi connectivity index (χ4v) is 5.44. The van der Waals surface area contributed by atoms with Crippen molar-refractivity contribution < 1.29 is 28.1 Å². The second kappa shape index (κ2) is 14.3. The number of benzene rings is 2. The predicted octanol–water partition coefficient (Wildman–Crippen LogP) is 3.93. The van der Waals surface area contributed by atoms with Crippen LogP contribution in [-0.4, -0.2) is 52.5 Å². The number of rotatable bonds is 13. The number of aliphatic hydroxyl groups is 1. The largest absolute Gasteiger partial charge is 0.449 e. The molecule has 0 aliphatic heterocycles. The molecule has 2 heterocycles. The van der Waals surface area contributed by atoms with E-state index >= 15 is 4.39 Å². The standard InChI is InChI=1S/C30H33F2N7O3S/c1-19(34-3)10-12-35-29(40)42-13-11-27-36-18-39(38-27)17-30(41,24-14-23(31)8-9-25(24)32)20(2)28-37-26(16-43-28)22-6-4-21(15-33)5-7-22/h4-9,14,16,18-20,34,41H,10-13,17H2,1-3H3,(H,35,40)/p+1/t19?,20-,30+/m0/s1. The highest BCUT2D eigenvalue weighted by Crippen LogP contribution is 2.40. The Kier molecular flexibility index (Phi) is 10.5. The normalized spacial score (nSPS) is 14.0. The predicted molar refractivity (Wildman–Crippen MR) is 156 cm³/mol. The Morgan fingerprint density at radius 2 is 2.02 bits per heavy atom. The minimum absolute atomic E-state index is 0.0668. The number of aromatic amines is 1. The summed E-state index contributed by atoms with van der Waals surface area (Å²) < 4.78 is 36.1. The van der Waals surface area contributed by atoms with Crippen molar-refractivity contribution in [3.63, 3.8) is 0 Å². The van der Waals surface area contributed by atoms with Crippen LogP contribution in [-0.2, 0) is 23.3 Å². The van der Waals surface area contributed by atoms with Gasteiger partial charge in [0, 0.05) is 35.0 Å². The van der Waals surface area contributed by atoms with Crippen LogP contribution in [0.25, 0.3) is 11.3 Å². The number of carbonyl (C=O) groups excluding carboxylic acids is 1. The number of thiazole rings is 1. The number of hydrogen-bond donors (Lipinski definition) is 4. The van der Waals surface area contributed by atoms with E-state index in [4.69, 9.17) is 10.00 Å². The van der Waals surface area contributed by atoms with Gasteiger partial charge in [0.25, 0.3) is 5.82 Å². The maximum absolute atomic E-state index is 15.1. The highest BCUT2D eigenvalue weighted by Gasteiger charge is 2.43. The number of aromatic nitrogens is 4. The van der Waals surface area contributed by atoms with Crippen LogP contribution in [0.3, 0.4) is 0 Å². The molecule has 2 aromatic carbocycles. The fraction of sp³-hybridized carbons (Fsp3) is 0.367. The van der Waals surface area contributed by atoms with Crippen LogP contribution in [0.15, 0.2) is 54.2 Å². The number of halogens is 2. The van der Waals surface area contributed by atoms with Crippen molar-refractivity contribution >= 4 is 17.4 Å². The summed E-state index contributed by atoms with van der Waals surface area (Å²) in [6, 6.07) is 12.2. The lowest BCUT2D eigenvalue weighted by atomic mass is 9.82. The molecule has 4 aromatic rings. The molecule has 0 aliphatic rings. The molecule has 4 rings (SSSR count). The highest BCUT2D eigenvalue weighted by atomic mass is 32.1. The summed E-state index contributed by atoms with van der Waals surface area (Å²) in [7, 11) is 1.85. The maximum Gasteiger partial charge on any atom is 0.407 e. The van der Waals surface area contributed by atoms with Gasteiger partial charge < -0.3 is 20.5 Å². The number of nitriles is 1. The molecule has 0 radical (unpaired) electrons. The number of amides is 1. The molecular formula is C30H34F2N7O3S+. The Balaban J connectivity index is 1.50. The maximum atomic E-state index is 15.1. The van der Waals surface area contributed by atoms with Gasteiger partial charge in [0.2, 0.25) is 0 Å². The van der Waals surface area contributed by atoms with Gasteiger partial charge in [-0.25, -0.2) is 18.6 Å². The van der Waals surface area contributed by atoms with Gasteiger partial charge in [0.15, 0.2) is 0 Å². The molecule has 13 heteroatoms. The van der Waals surface area contributed by atoms with Gasteiger partial charge >= 0.3 is 12.4 Å². The molecule has 2 aromatic heterocycles. The average Bonchev–Trinajstić information content (AvgIpc) is 3.68. The average molecular weight is 611 g/mol. The van der Waals surface area contributed by atoms with Crippen LogP contribution < -0.4 is 15.3 Å². The first-order valence-corrected chi connectivity index (χ1v) is 14.7. The van der Waals surface area contributed by atoms with Gasteiger partial charge in [-0.05, 0) is 55.7 Å². The number of alkyl carbamates (subject to hydrolysis) is 1. The first kappa shape index (κ1) is 31.7. The molecule has 0 fully saturated rings. The van der Waals surface area contributed by atoms with Gasteiger partial charge in [-0.3, -0.25) is 0 Å². The van der Waals surface area contributed by atoms with E-state index in [0.717, 1.165) is 30.2 Å². The molecule has 0 aliphatic carbocycles. The lowest BCUT2D eigenvalue weighted by molar-refractivity contribution is -0.765. The molecule has 0 bridgehead atoms. The third kappa shape index (κ3) is 7.98. The SMILES string of the molecule is CNC(C)CCNC(=O)OCCc1nc[n+](C[C@](O)(c2cc(F)ccc2F)[C@@H](C)c2nc(-c3ccc(C#N)cc3)cs2)[nH]1. The number of H-pyrrole nitrogens is 1. The Hall–Kier alpha value is -4.25. The number of ether oxygens (including phenoxy) is 1. The molecule has 226 valence electrons. The molecule has 4 N–H and O–H groups in total. The van der Waals surface area contributed by atoms with Crippen LogP contribution in [0.4, 0.5) is 13.6 Å². The summed E-state index contributed by atoms with van der Waals surface area (Å²) in [6.45, 7) is 4.06. The summed E-state index contributed by atoms with van der Waals surface area (Å²) in [5.74, 6) is -1.74. The van der Waals surface area contributed by atoms with Gasteiger partial charge in [0.05, 0.1) is 28.8 Å². The number of carbonyl (C=O) groups is 1. The van der Waals surface area contributed by atoms with Gasteiger partial charge in [-0.15, -0.1) is 11.3 Å². The first-order chi connectivity index (χ1) is 20.6. The van der Waals surface area contributed by atoms with Crippen molar-refractivity contribution in [3.8, 4) is 17.3 Å². The molecule has 1 amide bonds. The zero-order valence-electron chi connectivity index (χ0n) is 24.1. The van der Waals surface area contributed by atoms with Crippen LogP contribution in [0.5, 0.6) is 0 Å². The molecule has 43 heavy (non-hydrogen) atoms.